The van der Waals surface area contributed by atoms with Crippen LogP contribution in [-0.2, 0) is 6.54 Å². The van der Waals surface area contributed by atoms with Crippen molar-refractivity contribution in [1.82, 2.24) is 14.5 Å². The highest BCUT2D eigenvalue weighted by molar-refractivity contribution is 7.13. The van der Waals surface area contributed by atoms with Gasteiger partial charge in [0.05, 0.1) is 0 Å². The minimum Gasteiger partial charge on any atom is -0.332 e. The zero-order valence-electron chi connectivity index (χ0n) is 13.9. The number of carbonyl (C=O) groups excluding carboxylic acids is 1. The zero-order valence-corrected chi connectivity index (χ0v) is 14.8. The van der Waals surface area contributed by atoms with E-state index in [0.717, 1.165) is 28.1 Å². The number of thiazole rings is 1. The number of fused-ring (bicyclic) bond motifs is 1. The molecule has 4 rings (SSSR count). The molecule has 1 amide bonds. The summed E-state index contributed by atoms with van der Waals surface area (Å²) in [7, 11) is 0. The molecule has 3 heterocycles. The number of anilines is 1. The van der Waals surface area contributed by atoms with Crippen LogP contribution in [0.15, 0.2) is 54.2 Å². The second-order valence-corrected chi connectivity index (χ2v) is 6.56. The van der Waals surface area contributed by atoms with Crippen molar-refractivity contribution < 1.29 is 9.18 Å². The van der Waals surface area contributed by atoms with Gasteiger partial charge in [-0.15, -0.1) is 11.3 Å². The first-order valence-electron chi connectivity index (χ1n) is 8.12. The fraction of sp³-hybridized carbons (Fsp3) is 0.105. The van der Waals surface area contributed by atoms with Gasteiger partial charge < -0.3 is 9.88 Å². The van der Waals surface area contributed by atoms with Crippen LogP contribution in [-0.4, -0.2) is 20.4 Å². The second kappa shape index (κ2) is 6.68. The molecule has 0 spiro atoms. The normalized spacial score (nSPS) is 11.0. The van der Waals surface area contributed by atoms with Crippen molar-refractivity contribution in [1.29, 1.82) is 0 Å². The minimum atomic E-state index is -0.401. The molecule has 0 fully saturated rings. The fourth-order valence-corrected chi connectivity index (χ4v) is 3.62. The SMILES string of the molecule is CCn1cc(-c2nc(C(=O)Nc3cccc(F)c3)cs2)c2cccnc21. The molecule has 0 aliphatic carbocycles. The van der Waals surface area contributed by atoms with Crippen molar-refractivity contribution in [3.05, 3.63) is 65.7 Å². The molecule has 0 aliphatic heterocycles. The van der Waals surface area contributed by atoms with Gasteiger partial charge in [-0.25, -0.2) is 14.4 Å². The number of aryl methyl sites for hydroxylation is 1. The summed E-state index contributed by atoms with van der Waals surface area (Å²) in [6, 6.07) is 9.66. The summed E-state index contributed by atoms with van der Waals surface area (Å²) in [5, 5.41) is 6.12. The Kier molecular flexibility index (Phi) is 4.22. The quantitative estimate of drug-likeness (QED) is 0.575. The lowest BCUT2D eigenvalue weighted by Crippen LogP contribution is -2.12. The van der Waals surface area contributed by atoms with Crippen LogP contribution in [0.3, 0.4) is 0 Å². The van der Waals surface area contributed by atoms with E-state index in [9.17, 15) is 9.18 Å². The lowest BCUT2D eigenvalue weighted by molar-refractivity contribution is 0.102. The standard InChI is InChI=1S/C19H15FN4OS/c1-2-24-10-15(14-7-4-8-21-17(14)24)19-23-16(11-26-19)18(25)22-13-6-3-5-12(20)9-13/h3-11H,2H2,1H3,(H,22,25). The number of halogens is 1. The molecule has 0 saturated heterocycles. The van der Waals surface area contributed by atoms with Crippen molar-refractivity contribution in [2.75, 3.05) is 5.32 Å². The molecule has 0 radical (unpaired) electrons. The number of pyridine rings is 1. The summed E-state index contributed by atoms with van der Waals surface area (Å²) in [6.07, 6.45) is 3.77. The number of nitrogens with one attached hydrogen (secondary N) is 1. The molecule has 4 aromatic rings. The van der Waals surface area contributed by atoms with Gasteiger partial charge >= 0.3 is 0 Å². The van der Waals surface area contributed by atoms with E-state index in [0.29, 0.717) is 11.4 Å². The molecule has 1 N–H and O–H groups in total. The Morgan fingerprint density at radius 3 is 3.00 bits per heavy atom. The van der Waals surface area contributed by atoms with E-state index >= 15 is 0 Å². The Morgan fingerprint density at radius 2 is 2.19 bits per heavy atom. The van der Waals surface area contributed by atoms with Gasteiger partial charge in [0, 0.05) is 41.0 Å². The van der Waals surface area contributed by atoms with Crippen LogP contribution >= 0.6 is 11.3 Å². The van der Waals surface area contributed by atoms with Gasteiger partial charge in [0.1, 0.15) is 22.2 Å². The highest BCUT2D eigenvalue weighted by Gasteiger charge is 2.16. The van der Waals surface area contributed by atoms with E-state index < -0.39 is 5.82 Å². The lowest BCUT2D eigenvalue weighted by atomic mass is 10.2. The molecule has 130 valence electrons. The average molecular weight is 366 g/mol. The van der Waals surface area contributed by atoms with Crippen molar-refractivity contribution in [3.63, 3.8) is 0 Å². The summed E-state index contributed by atoms with van der Waals surface area (Å²) in [5.74, 6) is -0.767. The van der Waals surface area contributed by atoms with Crippen LogP contribution in [0.2, 0.25) is 0 Å². The molecular formula is C19H15FN4OS. The third-order valence-electron chi connectivity index (χ3n) is 4.02. The lowest BCUT2D eigenvalue weighted by Gasteiger charge is -2.02. The summed E-state index contributed by atoms with van der Waals surface area (Å²) in [6.45, 7) is 2.85. The molecule has 5 nitrogen and oxygen atoms in total. The third kappa shape index (κ3) is 2.97. The smallest absolute Gasteiger partial charge is 0.275 e. The molecule has 0 atom stereocenters. The number of aromatic nitrogens is 3. The van der Waals surface area contributed by atoms with Crippen LogP contribution in [0.4, 0.5) is 10.1 Å². The van der Waals surface area contributed by atoms with Gasteiger partial charge in [-0.2, -0.15) is 0 Å². The van der Waals surface area contributed by atoms with Crippen molar-refractivity contribution in [2.45, 2.75) is 13.5 Å². The molecule has 3 aromatic heterocycles. The van der Waals surface area contributed by atoms with Crippen molar-refractivity contribution in [2.24, 2.45) is 0 Å². The average Bonchev–Trinajstić information content (AvgIpc) is 3.26. The number of hydrogen-bond acceptors (Lipinski definition) is 4. The Labute approximate surface area is 153 Å². The third-order valence-corrected chi connectivity index (χ3v) is 4.90. The first kappa shape index (κ1) is 16.4. The molecule has 0 saturated carbocycles. The van der Waals surface area contributed by atoms with Gasteiger partial charge in [-0.3, -0.25) is 4.79 Å². The number of amides is 1. The largest absolute Gasteiger partial charge is 0.332 e. The van der Waals surface area contributed by atoms with E-state index in [1.165, 1.54) is 23.5 Å². The van der Waals surface area contributed by atoms with Crippen LogP contribution in [0.25, 0.3) is 21.6 Å². The molecule has 1 aromatic carbocycles. The predicted octanol–water partition coefficient (Wildman–Crippen LogP) is 4.57. The summed E-state index contributed by atoms with van der Waals surface area (Å²) >= 11 is 1.40. The van der Waals surface area contributed by atoms with Gasteiger partial charge in [0.2, 0.25) is 0 Å². The first-order valence-corrected chi connectivity index (χ1v) is 9.00. The van der Waals surface area contributed by atoms with Crippen molar-refractivity contribution >= 4 is 34.0 Å². The maximum absolute atomic E-state index is 13.3. The van der Waals surface area contributed by atoms with Gasteiger partial charge in [0.25, 0.3) is 5.91 Å². The molecule has 7 heteroatoms. The summed E-state index contributed by atoms with van der Waals surface area (Å²) < 4.78 is 15.3. The summed E-state index contributed by atoms with van der Waals surface area (Å²) in [5.41, 5.74) is 2.54. The second-order valence-electron chi connectivity index (χ2n) is 5.71. The van der Waals surface area contributed by atoms with E-state index in [1.54, 1.807) is 23.7 Å². The zero-order chi connectivity index (χ0) is 18.1. The topological polar surface area (TPSA) is 59.8 Å². The van der Waals surface area contributed by atoms with Crippen LogP contribution in [0.1, 0.15) is 17.4 Å². The highest BCUT2D eigenvalue weighted by Crippen LogP contribution is 2.32. The van der Waals surface area contributed by atoms with Gasteiger partial charge in [0.15, 0.2) is 0 Å². The number of benzene rings is 1. The number of hydrogen-bond donors (Lipinski definition) is 1. The van der Waals surface area contributed by atoms with E-state index in [-0.39, 0.29) is 5.91 Å². The predicted molar refractivity (Wildman–Crippen MR) is 101 cm³/mol. The van der Waals surface area contributed by atoms with Gasteiger partial charge in [-0.1, -0.05) is 6.07 Å². The molecule has 26 heavy (non-hydrogen) atoms. The number of nitrogens with zero attached hydrogens (tertiary/aromatic N) is 3. The highest BCUT2D eigenvalue weighted by atomic mass is 32.1. The van der Waals surface area contributed by atoms with E-state index in [4.69, 9.17) is 0 Å². The molecule has 0 bridgehead atoms. The van der Waals surface area contributed by atoms with E-state index in [2.05, 4.69) is 26.8 Å². The van der Waals surface area contributed by atoms with Crippen LogP contribution < -0.4 is 5.32 Å². The number of rotatable bonds is 4. The van der Waals surface area contributed by atoms with Crippen molar-refractivity contribution in [3.8, 4) is 10.6 Å². The molecular weight excluding hydrogens is 351 g/mol. The summed E-state index contributed by atoms with van der Waals surface area (Å²) in [4.78, 5) is 21.3. The molecule has 0 aliphatic rings. The molecule has 0 unspecified atom stereocenters. The Balaban J connectivity index is 1.65. The van der Waals surface area contributed by atoms with Gasteiger partial charge in [-0.05, 0) is 37.3 Å². The maximum atomic E-state index is 13.3. The van der Waals surface area contributed by atoms with E-state index in [1.807, 2.05) is 18.3 Å². The number of carbonyl (C=O) groups is 1. The fourth-order valence-electron chi connectivity index (χ4n) is 2.80. The Hall–Kier alpha value is -3.06. The van der Waals surface area contributed by atoms with Crippen LogP contribution in [0, 0.1) is 5.82 Å². The maximum Gasteiger partial charge on any atom is 0.275 e. The Bertz CT molecular complexity index is 1100. The minimum absolute atomic E-state index is 0.301. The monoisotopic (exact) mass is 366 g/mol. The van der Waals surface area contributed by atoms with Crippen LogP contribution in [0.5, 0.6) is 0 Å². The Morgan fingerprint density at radius 1 is 1.31 bits per heavy atom. The first-order chi connectivity index (χ1) is 12.7.